The lowest BCUT2D eigenvalue weighted by Gasteiger charge is -2.18. The molecule has 21 heavy (non-hydrogen) atoms. The normalized spacial score (nSPS) is 15.8. The number of nitrogens with zero attached hydrogens (tertiary/aromatic N) is 1. The van der Waals surface area contributed by atoms with Crippen molar-refractivity contribution in [1.82, 2.24) is 4.90 Å². The summed E-state index contributed by atoms with van der Waals surface area (Å²) in [6.07, 6.45) is 2.05. The van der Waals surface area contributed by atoms with E-state index in [0.717, 1.165) is 4.90 Å². The van der Waals surface area contributed by atoms with E-state index in [-0.39, 0.29) is 24.1 Å². The first kappa shape index (κ1) is 15.2. The smallest absolute Gasteiger partial charge is 0.229 e. The van der Waals surface area contributed by atoms with Crippen molar-refractivity contribution in [3.63, 3.8) is 0 Å². The molecule has 1 fully saturated rings. The highest BCUT2D eigenvalue weighted by Crippen LogP contribution is 2.20. The number of carbonyl (C=O) groups is 3. The Balaban J connectivity index is 2.17. The molecule has 1 saturated heterocycles. The molecular formula is C16H19NO4. The molecule has 1 aliphatic rings. The summed E-state index contributed by atoms with van der Waals surface area (Å²) < 4.78 is 5.42. The van der Waals surface area contributed by atoms with E-state index in [2.05, 4.69) is 0 Å². The topological polar surface area (TPSA) is 63.7 Å². The highest BCUT2D eigenvalue weighted by atomic mass is 16.5. The molecule has 0 bridgehead atoms. The van der Waals surface area contributed by atoms with Crippen molar-refractivity contribution in [2.24, 2.45) is 0 Å². The molecule has 0 aliphatic carbocycles. The van der Waals surface area contributed by atoms with E-state index in [1.54, 1.807) is 24.3 Å². The highest BCUT2D eigenvalue weighted by Gasteiger charge is 2.27. The largest absolute Gasteiger partial charge is 0.493 e. The number of benzene rings is 1. The van der Waals surface area contributed by atoms with Crippen LogP contribution in [0.2, 0.25) is 0 Å². The molecule has 1 aliphatic heterocycles. The maximum Gasteiger partial charge on any atom is 0.229 e. The van der Waals surface area contributed by atoms with Gasteiger partial charge in [-0.1, -0.05) is 12.1 Å². The Morgan fingerprint density at radius 2 is 1.76 bits per heavy atom. The van der Waals surface area contributed by atoms with Gasteiger partial charge in [0, 0.05) is 12.8 Å². The zero-order valence-corrected chi connectivity index (χ0v) is 12.1. The molecular weight excluding hydrogens is 270 g/mol. The van der Waals surface area contributed by atoms with Crippen LogP contribution < -0.4 is 4.74 Å². The first-order chi connectivity index (χ1) is 10.1. The van der Waals surface area contributed by atoms with Gasteiger partial charge in [0.2, 0.25) is 11.8 Å². The van der Waals surface area contributed by atoms with Gasteiger partial charge in [0.15, 0.2) is 5.78 Å². The molecule has 0 spiro atoms. The third kappa shape index (κ3) is 3.68. The summed E-state index contributed by atoms with van der Waals surface area (Å²) in [5.41, 5.74) is 0.407. The molecule has 0 N–H and O–H groups in total. The van der Waals surface area contributed by atoms with E-state index in [4.69, 9.17) is 4.74 Å². The average molecular weight is 289 g/mol. The minimum atomic E-state index is -0.275. The van der Waals surface area contributed by atoms with Crippen LogP contribution in [-0.4, -0.2) is 35.6 Å². The number of hydrogen-bond acceptors (Lipinski definition) is 4. The lowest BCUT2D eigenvalue weighted by Crippen LogP contribution is -2.39. The number of ether oxygens (including phenoxy) is 1. The molecule has 0 aromatic heterocycles. The van der Waals surface area contributed by atoms with Gasteiger partial charge in [0.05, 0.1) is 18.7 Å². The van der Waals surface area contributed by atoms with Crippen molar-refractivity contribution >= 4 is 17.6 Å². The van der Waals surface area contributed by atoms with Crippen molar-refractivity contribution in [3.05, 3.63) is 29.8 Å². The molecule has 1 heterocycles. The molecule has 5 heteroatoms. The number of imide groups is 1. The van der Waals surface area contributed by atoms with Gasteiger partial charge in [-0.25, -0.2) is 0 Å². The number of para-hydroxylation sites is 1. The molecule has 112 valence electrons. The summed E-state index contributed by atoms with van der Waals surface area (Å²) in [4.78, 5) is 37.3. The van der Waals surface area contributed by atoms with Crippen LogP contribution in [-0.2, 0) is 9.59 Å². The lowest BCUT2D eigenvalue weighted by molar-refractivity contribution is -0.143. The Morgan fingerprint density at radius 3 is 2.38 bits per heavy atom. The highest BCUT2D eigenvalue weighted by molar-refractivity contribution is 6.06. The van der Waals surface area contributed by atoms with E-state index >= 15 is 0 Å². The number of likely N-dealkylation sites (tertiary alicyclic amines) is 1. The number of rotatable bonds is 5. The molecule has 5 nitrogen and oxygen atoms in total. The van der Waals surface area contributed by atoms with E-state index in [1.165, 1.54) is 0 Å². The van der Waals surface area contributed by atoms with Crippen LogP contribution in [0.3, 0.4) is 0 Å². The summed E-state index contributed by atoms with van der Waals surface area (Å²) in [5, 5.41) is 0. The SMILES string of the molecule is CCOc1ccccc1C(=O)CN1C(=O)CCCCC1=O. The molecule has 0 atom stereocenters. The predicted molar refractivity (Wildman–Crippen MR) is 77.1 cm³/mol. The summed E-state index contributed by atoms with van der Waals surface area (Å²) >= 11 is 0. The van der Waals surface area contributed by atoms with Gasteiger partial charge in [-0.2, -0.15) is 0 Å². The van der Waals surface area contributed by atoms with Crippen LogP contribution in [0.15, 0.2) is 24.3 Å². The summed E-state index contributed by atoms with van der Waals surface area (Å²) in [6, 6.07) is 6.88. The van der Waals surface area contributed by atoms with Gasteiger partial charge in [-0.05, 0) is 31.9 Å². The molecule has 0 radical (unpaired) electrons. The van der Waals surface area contributed by atoms with Crippen molar-refractivity contribution < 1.29 is 19.1 Å². The van der Waals surface area contributed by atoms with E-state index in [1.807, 2.05) is 6.92 Å². The number of Topliss-reactive ketones (excluding diaryl/α,β-unsaturated/α-hetero) is 1. The monoisotopic (exact) mass is 289 g/mol. The second-order valence-corrected chi connectivity index (χ2v) is 4.93. The van der Waals surface area contributed by atoms with Crippen LogP contribution in [0.1, 0.15) is 43.0 Å². The summed E-state index contributed by atoms with van der Waals surface area (Å²) in [6.45, 7) is 2.08. The van der Waals surface area contributed by atoms with Gasteiger partial charge < -0.3 is 4.74 Å². The van der Waals surface area contributed by atoms with Crippen molar-refractivity contribution in [2.75, 3.05) is 13.2 Å². The number of carbonyl (C=O) groups excluding carboxylic acids is 3. The predicted octanol–water partition coefficient (Wildman–Crippen LogP) is 2.20. The van der Waals surface area contributed by atoms with Gasteiger partial charge in [0.25, 0.3) is 0 Å². The van der Waals surface area contributed by atoms with Crippen LogP contribution in [0.25, 0.3) is 0 Å². The maximum atomic E-state index is 12.4. The molecule has 2 amide bonds. The fourth-order valence-corrected chi connectivity index (χ4v) is 2.34. The maximum absolute atomic E-state index is 12.4. The fourth-order valence-electron chi connectivity index (χ4n) is 2.34. The van der Waals surface area contributed by atoms with Crippen molar-refractivity contribution in [2.45, 2.75) is 32.6 Å². The van der Waals surface area contributed by atoms with E-state index < -0.39 is 0 Å². The van der Waals surface area contributed by atoms with Gasteiger partial charge in [-0.3, -0.25) is 19.3 Å². The van der Waals surface area contributed by atoms with Crippen LogP contribution in [0, 0.1) is 0 Å². The number of hydrogen-bond donors (Lipinski definition) is 0. The van der Waals surface area contributed by atoms with E-state index in [0.29, 0.717) is 43.6 Å². The zero-order valence-electron chi connectivity index (χ0n) is 12.1. The van der Waals surface area contributed by atoms with Crippen molar-refractivity contribution in [3.8, 4) is 5.75 Å². The Morgan fingerprint density at radius 1 is 1.14 bits per heavy atom. The Labute approximate surface area is 123 Å². The lowest BCUT2D eigenvalue weighted by atomic mass is 10.1. The molecule has 1 aromatic rings. The first-order valence-corrected chi connectivity index (χ1v) is 7.21. The first-order valence-electron chi connectivity index (χ1n) is 7.21. The second-order valence-electron chi connectivity index (χ2n) is 4.93. The standard InChI is InChI=1S/C16H19NO4/c1-2-21-14-8-4-3-7-12(14)13(18)11-17-15(19)9-5-6-10-16(17)20/h3-4,7-8H,2,5-6,9-11H2,1H3. The van der Waals surface area contributed by atoms with Crippen LogP contribution in [0.5, 0.6) is 5.75 Å². The Kier molecular flexibility index (Phi) is 5.09. The van der Waals surface area contributed by atoms with Crippen LogP contribution >= 0.6 is 0 Å². The van der Waals surface area contributed by atoms with Crippen molar-refractivity contribution in [1.29, 1.82) is 0 Å². The minimum absolute atomic E-state index is 0.207. The van der Waals surface area contributed by atoms with Gasteiger partial charge in [0.1, 0.15) is 5.75 Å². The quantitative estimate of drug-likeness (QED) is 0.616. The van der Waals surface area contributed by atoms with Gasteiger partial charge >= 0.3 is 0 Å². The molecule has 2 rings (SSSR count). The average Bonchev–Trinajstić information content (AvgIpc) is 2.63. The summed E-state index contributed by atoms with van der Waals surface area (Å²) in [5.74, 6) is -0.318. The number of ketones is 1. The molecule has 1 aromatic carbocycles. The molecule has 0 unspecified atom stereocenters. The van der Waals surface area contributed by atoms with Gasteiger partial charge in [-0.15, -0.1) is 0 Å². The minimum Gasteiger partial charge on any atom is -0.493 e. The number of amides is 2. The zero-order chi connectivity index (χ0) is 15.2. The summed E-state index contributed by atoms with van der Waals surface area (Å²) in [7, 11) is 0. The third-order valence-electron chi connectivity index (χ3n) is 3.42. The van der Waals surface area contributed by atoms with E-state index in [9.17, 15) is 14.4 Å². The Hall–Kier alpha value is -2.17. The molecule has 0 saturated carbocycles. The van der Waals surface area contributed by atoms with Crippen LogP contribution in [0.4, 0.5) is 0 Å². The fraction of sp³-hybridized carbons (Fsp3) is 0.438. The second kappa shape index (κ2) is 7.02. The third-order valence-corrected chi connectivity index (χ3v) is 3.42. The Bertz CT molecular complexity index is 535.